The molecule has 0 radical (unpaired) electrons. The fraction of sp³-hybridized carbons (Fsp3) is 0.586. The van der Waals surface area contributed by atoms with Crippen LogP contribution in [0.4, 0.5) is 0 Å². The average molecular weight is 611 g/mol. The monoisotopic (exact) mass is 610 g/mol. The molecule has 2 heterocycles. The van der Waals surface area contributed by atoms with Crippen molar-refractivity contribution in [1.82, 2.24) is 40.5 Å². The first-order chi connectivity index (χ1) is 20.7. The summed E-state index contributed by atoms with van der Waals surface area (Å²) in [5, 5.41) is 18.4. The number of tetrazole rings is 1. The third-order valence-corrected chi connectivity index (χ3v) is 10.6. The number of amides is 2. The summed E-state index contributed by atoms with van der Waals surface area (Å²) in [4.78, 5) is 41.7. The zero-order valence-electron chi connectivity index (χ0n) is 24.2. The van der Waals surface area contributed by atoms with Crippen LogP contribution in [0.15, 0.2) is 42.5 Å². The fourth-order valence-electron chi connectivity index (χ4n) is 5.72. The minimum Gasteiger partial charge on any atom is -0.340 e. The molecule has 2 amide bonds. The molecule has 0 spiro atoms. The molecule has 2 aromatic rings. The summed E-state index contributed by atoms with van der Waals surface area (Å²) < 4.78 is 27.4. The van der Waals surface area contributed by atoms with Crippen molar-refractivity contribution in [2.75, 3.05) is 20.1 Å². The number of aromatic nitrogens is 4. The van der Waals surface area contributed by atoms with Crippen LogP contribution in [0, 0.1) is 5.92 Å². The van der Waals surface area contributed by atoms with E-state index in [0.29, 0.717) is 50.3 Å². The van der Waals surface area contributed by atoms with Crippen molar-refractivity contribution in [2.45, 2.75) is 80.3 Å². The number of allylic oxidation sites excluding steroid dienone is 1. The highest BCUT2D eigenvalue weighted by molar-refractivity contribution is 7.91. The minimum absolute atomic E-state index is 0.0838. The Labute approximate surface area is 250 Å². The maximum absolute atomic E-state index is 13.4. The summed E-state index contributed by atoms with van der Waals surface area (Å²) in [7, 11) is -1.80. The van der Waals surface area contributed by atoms with Crippen LogP contribution in [-0.4, -0.2) is 94.1 Å². The van der Waals surface area contributed by atoms with E-state index in [9.17, 15) is 22.8 Å². The fourth-order valence-corrected chi connectivity index (χ4v) is 7.08. The highest BCUT2D eigenvalue weighted by Crippen LogP contribution is 2.46. The Bertz CT molecular complexity index is 1510. The number of hydrogen-bond donors (Lipinski definition) is 3. The number of rotatable bonds is 14. The van der Waals surface area contributed by atoms with Crippen molar-refractivity contribution in [1.29, 1.82) is 0 Å². The summed E-state index contributed by atoms with van der Waals surface area (Å²) >= 11 is 0. The lowest BCUT2D eigenvalue weighted by Crippen LogP contribution is -2.55. The highest BCUT2D eigenvalue weighted by atomic mass is 32.2. The largest absolute Gasteiger partial charge is 0.340 e. The first-order valence-corrected chi connectivity index (χ1v) is 16.6. The maximum atomic E-state index is 13.4. The SMILES string of the molecule is CN(CCCC/C=C\[C@H]1C[C@@]1(NC(=O)[C@@H]1C[C@@H](n2nnc(-c3ccccc3)n2)CN1)C(=O)NS(=O)(=O)C1CC1)C1CC1=O. The number of nitrogens with zero attached hydrogens (tertiary/aromatic N) is 5. The molecule has 1 aliphatic heterocycles. The number of nitrogens with one attached hydrogen (secondary N) is 3. The van der Waals surface area contributed by atoms with Crippen molar-refractivity contribution in [2.24, 2.45) is 5.92 Å². The number of hydrogen-bond acceptors (Lipinski definition) is 10. The number of likely N-dealkylation sites (N-methyl/N-ethyl adjacent to an activating group) is 1. The van der Waals surface area contributed by atoms with Crippen molar-refractivity contribution in [3.05, 3.63) is 42.5 Å². The van der Waals surface area contributed by atoms with Crippen LogP contribution >= 0.6 is 0 Å². The molecule has 43 heavy (non-hydrogen) atoms. The first-order valence-electron chi connectivity index (χ1n) is 15.0. The van der Waals surface area contributed by atoms with Gasteiger partial charge in [-0.1, -0.05) is 42.5 Å². The number of unbranched alkanes of at least 4 members (excludes halogenated alkanes) is 2. The molecule has 5 atom stereocenters. The molecule has 0 bridgehead atoms. The zero-order chi connectivity index (χ0) is 30.2. The highest BCUT2D eigenvalue weighted by Gasteiger charge is 2.61. The Hall–Kier alpha value is -3.49. The van der Waals surface area contributed by atoms with E-state index < -0.39 is 32.8 Å². The summed E-state index contributed by atoms with van der Waals surface area (Å²) in [6, 6.07) is 8.79. The number of carbonyl (C=O) groups excluding carboxylic acids is 3. The predicted molar refractivity (Wildman–Crippen MR) is 157 cm³/mol. The van der Waals surface area contributed by atoms with Gasteiger partial charge in [-0.2, -0.15) is 4.80 Å². The van der Waals surface area contributed by atoms with Gasteiger partial charge in [0.05, 0.1) is 23.4 Å². The van der Waals surface area contributed by atoms with E-state index in [2.05, 4.69) is 35.7 Å². The van der Waals surface area contributed by atoms with Gasteiger partial charge in [0.15, 0.2) is 5.78 Å². The molecule has 3 N–H and O–H groups in total. The smallest absolute Gasteiger partial charge is 0.259 e. The molecule has 230 valence electrons. The van der Waals surface area contributed by atoms with E-state index in [-0.39, 0.29) is 23.9 Å². The zero-order valence-corrected chi connectivity index (χ0v) is 25.0. The first kappa shape index (κ1) is 29.6. The van der Waals surface area contributed by atoms with Crippen LogP contribution in [0.3, 0.4) is 0 Å². The van der Waals surface area contributed by atoms with E-state index in [1.165, 1.54) is 4.80 Å². The minimum atomic E-state index is -3.77. The molecule has 1 aromatic carbocycles. The average Bonchev–Trinajstić information content (AvgIpc) is 3.95. The van der Waals surface area contributed by atoms with E-state index in [0.717, 1.165) is 31.4 Å². The third kappa shape index (κ3) is 6.70. The Morgan fingerprint density at radius 1 is 1.21 bits per heavy atom. The second-order valence-electron chi connectivity index (χ2n) is 12.2. The second-order valence-corrected chi connectivity index (χ2v) is 14.1. The number of carbonyl (C=O) groups is 3. The van der Waals surface area contributed by atoms with Gasteiger partial charge in [-0.25, -0.2) is 8.42 Å². The molecular formula is C29H38N8O5S. The number of ketones is 1. The van der Waals surface area contributed by atoms with Crippen molar-refractivity contribution in [3.63, 3.8) is 0 Å². The van der Waals surface area contributed by atoms with E-state index in [4.69, 9.17) is 0 Å². The van der Waals surface area contributed by atoms with E-state index in [1.54, 1.807) is 0 Å². The van der Waals surface area contributed by atoms with E-state index in [1.807, 2.05) is 49.5 Å². The Morgan fingerprint density at radius 3 is 2.70 bits per heavy atom. The number of sulfonamides is 1. The van der Waals surface area contributed by atoms with Gasteiger partial charge in [-0.3, -0.25) is 24.0 Å². The topological polar surface area (TPSA) is 168 Å². The van der Waals surface area contributed by atoms with Crippen molar-refractivity contribution < 1.29 is 22.8 Å². The Kier molecular flexibility index (Phi) is 8.18. The normalized spacial score (nSPS) is 28.4. The molecule has 1 aromatic heterocycles. The quantitative estimate of drug-likeness (QED) is 0.205. The molecule has 3 aliphatic carbocycles. The third-order valence-electron chi connectivity index (χ3n) is 8.81. The van der Waals surface area contributed by atoms with Crippen molar-refractivity contribution >= 4 is 27.6 Å². The standard InChI is InChI=1S/C29H38N8O5S/c1-36(24-16-25(24)38)14-8-3-2-7-11-20-17-29(20,28(40)34-43(41,42)22-12-13-22)31-27(39)23-15-21(18-30-23)37-33-26(32-35-37)19-9-5-4-6-10-19/h4-7,9-11,20-24,30H,2-3,8,12-18H2,1H3,(H,31,39)(H,34,40)/b11-7-/t20-,21+,23-,24?,29-/m0/s1. The van der Waals surface area contributed by atoms with Gasteiger partial charge in [0.25, 0.3) is 5.91 Å². The molecule has 14 heteroatoms. The van der Waals surface area contributed by atoms with E-state index >= 15 is 0 Å². The number of Topliss-reactive ketones (excluding diaryl/α,β-unsaturated/α-hetero) is 1. The van der Waals surface area contributed by atoms with Crippen molar-refractivity contribution in [3.8, 4) is 11.4 Å². The summed E-state index contributed by atoms with van der Waals surface area (Å²) in [6.07, 6.45) is 9.00. The van der Waals surface area contributed by atoms with Crippen LogP contribution in [-0.2, 0) is 24.4 Å². The lowest BCUT2D eigenvalue weighted by atomic mass is 10.1. The van der Waals surface area contributed by atoms with Crippen LogP contribution in [0.1, 0.15) is 57.4 Å². The maximum Gasteiger partial charge on any atom is 0.259 e. The summed E-state index contributed by atoms with van der Waals surface area (Å²) in [5.74, 6) is -0.553. The van der Waals surface area contributed by atoms with Crippen LogP contribution < -0.4 is 15.4 Å². The lowest BCUT2D eigenvalue weighted by molar-refractivity contribution is -0.130. The molecule has 4 fully saturated rings. The molecule has 3 saturated carbocycles. The van der Waals surface area contributed by atoms with Gasteiger partial charge in [-0.15, -0.1) is 10.2 Å². The Balaban J connectivity index is 1.05. The molecule has 13 nitrogen and oxygen atoms in total. The van der Waals surface area contributed by atoms with Gasteiger partial charge in [0.2, 0.25) is 21.8 Å². The Morgan fingerprint density at radius 2 is 1.98 bits per heavy atom. The molecule has 6 rings (SSSR count). The van der Waals surface area contributed by atoms with Gasteiger partial charge in [0, 0.05) is 24.4 Å². The predicted octanol–water partition coefficient (Wildman–Crippen LogP) is 0.726. The van der Waals surface area contributed by atoms with Gasteiger partial charge in [0.1, 0.15) is 5.54 Å². The molecular weight excluding hydrogens is 572 g/mol. The van der Waals surface area contributed by atoms with Gasteiger partial charge >= 0.3 is 0 Å². The summed E-state index contributed by atoms with van der Waals surface area (Å²) in [5.41, 5.74) is -0.466. The number of benzene rings is 1. The lowest BCUT2D eigenvalue weighted by Gasteiger charge is -2.21. The molecule has 4 aliphatic rings. The second kappa shape index (κ2) is 11.9. The van der Waals surface area contributed by atoms with Crippen LogP contribution in [0.5, 0.6) is 0 Å². The summed E-state index contributed by atoms with van der Waals surface area (Å²) in [6.45, 7) is 1.30. The van der Waals surface area contributed by atoms with Crippen LogP contribution in [0.2, 0.25) is 0 Å². The van der Waals surface area contributed by atoms with Crippen LogP contribution in [0.25, 0.3) is 11.4 Å². The molecule has 1 saturated heterocycles. The van der Waals surface area contributed by atoms with Gasteiger partial charge < -0.3 is 10.6 Å². The molecule has 1 unspecified atom stereocenters. The van der Waals surface area contributed by atoms with Gasteiger partial charge in [-0.05, 0) is 63.8 Å².